The van der Waals surface area contributed by atoms with Crippen LogP contribution in [-0.2, 0) is 15.9 Å². The quantitative estimate of drug-likeness (QED) is 0.291. The van der Waals surface area contributed by atoms with E-state index >= 15 is 0 Å². The van der Waals surface area contributed by atoms with Crippen molar-refractivity contribution in [3.8, 4) is 0 Å². The molecule has 5 rings (SSSR count). The number of nitrogen functional groups attached to an aromatic ring is 1. The van der Waals surface area contributed by atoms with E-state index in [0.29, 0.717) is 16.7 Å². The molecule has 1 unspecified atom stereocenters. The van der Waals surface area contributed by atoms with Gasteiger partial charge >= 0.3 is 5.97 Å². The number of hydrogen-bond acceptors (Lipinski definition) is 7. The number of esters is 1. The van der Waals surface area contributed by atoms with Gasteiger partial charge in [0.1, 0.15) is 5.52 Å². The van der Waals surface area contributed by atoms with Crippen molar-refractivity contribution in [3.63, 3.8) is 0 Å². The van der Waals surface area contributed by atoms with Crippen molar-refractivity contribution in [2.24, 2.45) is 5.92 Å². The lowest BCUT2D eigenvalue weighted by Gasteiger charge is -2.25. The van der Waals surface area contributed by atoms with Gasteiger partial charge in [0.05, 0.1) is 18.0 Å². The van der Waals surface area contributed by atoms with Gasteiger partial charge in [-0.3, -0.25) is 4.57 Å². The molecule has 1 aliphatic rings. The van der Waals surface area contributed by atoms with Gasteiger partial charge in [-0.1, -0.05) is 67.1 Å². The second-order valence-corrected chi connectivity index (χ2v) is 8.95. The Labute approximate surface area is 208 Å². The van der Waals surface area contributed by atoms with Gasteiger partial charge in [0.15, 0.2) is 23.1 Å². The summed E-state index contributed by atoms with van der Waals surface area (Å²) < 4.78 is 14.4. The van der Waals surface area contributed by atoms with E-state index in [-0.39, 0.29) is 23.1 Å². The number of aryl methyl sites for hydroxylation is 1. The number of nitrogens with zero attached hydrogens (tertiary/aromatic N) is 4. The number of ether oxygens (including phenoxy) is 2. The first-order chi connectivity index (χ1) is 17.0. The van der Waals surface area contributed by atoms with Gasteiger partial charge < -0.3 is 15.2 Å². The summed E-state index contributed by atoms with van der Waals surface area (Å²) in [7, 11) is 0. The number of rotatable bonds is 7. The molecule has 0 aliphatic carbocycles. The van der Waals surface area contributed by atoms with Crippen LogP contribution in [0.2, 0.25) is 5.15 Å². The molecule has 2 aromatic carbocycles. The third-order valence-corrected chi connectivity index (χ3v) is 6.69. The molecule has 3 heterocycles. The summed E-state index contributed by atoms with van der Waals surface area (Å²) in [5, 5.41) is 0.162. The molecule has 2 aromatic heterocycles. The number of aromatic nitrogens is 4. The van der Waals surface area contributed by atoms with Gasteiger partial charge in [-0.15, -0.1) is 0 Å². The highest BCUT2D eigenvalue weighted by molar-refractivity contribution is 6.33. The van der Waals surface area contributed by atoms with Gasteiger partial charge in [-0.2, -0.15) is 9.97 Å². The van der Waals surface area contributed by atoms with E-state index in [1.54, 1.807) is 23.0 Å². The van der Waals surface area contributed by atoms with Crippen LogP contribution in [0.4, 0.5) is 5.95 Å². The van der Waals surface area contributed by atoms with Crippen molar-refractivity contribution in [2.45, 2.75) is 44.6 Å². The molecule has 180 valence electrons. The summed E-state index contributed by atoms with van der Waals surface area (Å²) >= 11 is 6.25. The van der Waals surface area contributed by atoms with Gasteiger partial charge in [-0.25, -0.2) is 9.78 Å². The van der Waals surface area contributed by atoms with Crippen LogP contribution in [0.15, 0.2) is 67.0 Å². The number of carbonyl (C=O) groups excluding carboxylic acids is 1. The van der Waals surface area contributed by atoms with Crippen LogP contribution in [0.5, 0.6) is 0 Å². The molecule has 8 nitrogen and oxygen atoms in total. The number of benzene rings is 2. The van der Waals surface area contributed by atoms with Gasteiger partial charge in [0, 0.05) is 5.92 Å². The molecule has 1 fully saturated rings. The maximum Gasteiger partial charge on any atom is 0.338 e. The average Bonchev–Trinajstić information content (AvgIpc) is 3.45. The van der Waals surface area contributed by atoms with Crippen LogP contribution in [0.1, 0.15) is 41.9 Å². The molecule has 4 atom stereocenters. The molecule has 0 bridgehead atoms. The molecule has 9 heteroatoms. The fraction of sp³-hybridized carbons (Fsp3) is 0.308. The highest BCUT2D eigenvalue weighted by Gasteiger charge is 2.47. The van der Waals surface area contributed by atoms with Gasteiger partial charge in [0.2, 0.25) is 5.95 Å². The first-order valence-corrected chi connectivity index (χ1v) is 12.0. The third kappa shape index (κ3) is 4.72. The zero-order chi connectivity index (χ0) is 24.4. The Bertz CT molecular complexity index is 1310. The van der Waals surface area contributed by atoms with Crippen molar-refractivity contribution >= 4 is 34.7 Å². The molecule has 4 aromatic rings. The Balaban J connectivity index is 1.51. The monoisotopic (exact) mass is 491 g/mol. The number of nitrogens with two attached hydrogens (primary N) is 1. The Kier molecular flexibility index (Phi) is 6.66. The second-order valence-electron chi connectivity index (χ2n) is 8.59. The molecule has 0 amide bonds. The molecular formula is C26H26ClN5O3. The summed E-state index contributed by atoms with van der Waals surface area (Å²) in [6.07, 6.45) is 2.65. The molecule has 2 N–H and O–H groups in total. The smallest absolute Gasteiger partial charge is 0.338 e. The van der Waals surface area contributed by atoms with Crippen LogP contribution in [0.3, 0.4) is 0 Å². The first kappa shape index (κ1) is 23.3. The fourth-order valence-corrected chi connectivity index (χ4v) is 4.95. The lowest BCUT2D eigenvalue weighted by Crippen LogP contribution is -2.32. The number of hydrogen-bond donors (Lipinski definition) is 1. The summed E-state index contributed by atoms with van der Waals surface area (Å²) in [5.41, 5.74) is 8.42. The number of halogens is 1. The van der Waals surface area contributed by atoms with Crippen molar-refractivity contribution < 1.29 is 14.3 Å². The van der Waals surface area contributed by atoms with E-state index < -0.39 is 18.3 Å². The van der Waals surface area contributed by atoms with E-state index in [2.05, 4.69) is 34.0 Å². The van der Waals surface area contributed by atoms with E-state index in [1.807, 2.05) is 36.4 Å². The Morgan fingerprint density at radius 1 is 1.11 bits per heavy atom. The zero-order valence-corrected chi connectivity index (χ0v) is 20.0. The summed E-state index contributed by atoms with van der Waals surface area (Å²) in [6.45, 7) is 2.07. The summed E-state index contributed by atoms with van der Waals surface area (Å²) in [4.78, 5) is 25.8. The zero-order valence-electron chi connectivity index (χ0n) is 19.3. The predicted octanol–water partition coefficient (Wildman–Crippen LogP) is 4.84. The molecule has 0 spiro atoms. The van der Waals surface area contributed by atoms with E-state index in [1.165, 1.54) is 5.56 Å². The Morgan fingerprint density at radius 3 is 2.54 bits per heavy atom. The molecule has 1 saturated heterocycles. The SMILES string of the molecule is CC[C@H]1O[C@@H](n2cnc3c(Cl)nc(N)nc32)[C@@H](OC(=O)c2ccccc2)C1CCc1ccccc1. The number of carbonyl (C=O) groups is 1. The minimum Gasteiger partial charge on any atom is -0.454 e. The fourth-order valence-electron chi connectivity index (χ4n) is 4.73. The lowest BCUT2D eigenvalue weighted by atomic mass is 9.89. The van der Waals surface area contributed by atoms with Crippen molar-refractivity contribution in [2.75, 3.05) is 5.73 Å². The minimum atomic E-state index is -0.635. The Morgan fingerprint density at radius 2 is 1.83 bits per heavy atom. The highest BCUT2D eigenvalue weighted by atomic mass is 35.5. The molecular weight excluding hydrogens is 466 g/mol. The van der Waals surface area contributed by atoms with Gasteiger partial charge in [0.25, 0.3) is 0 Å². The Hall–Kier alpha value is -3.49. The number of anilines is 1. The van der Waals surface area contributed by atoms with Crippen LogP contribution in [-0.4, -0.2) is 37.7 Å². The lowest BCUT2D eigenvalue weighted by molar-refractivity contribution is -0.0470. The largest absolute Gasteiger partial charge is 0.454 e. The van der Waals surface area contributed by atoms with Gasteiger partial charge in [-0.05, 0) is 37.0 Å². The molecule has 1 aliphatic heterocycles. The maximum absolute atomic E-state index is 13.1. The van der Waals surface area contributed by atoms with Crippen LogP contribution in [0.25, 0.3) is 11.2 Å². The summed E-state index contributed by atoms with van der Waals surface area (Å²) in [6, 6.07) is 19.2. The van der Waals surface area contributed by atoms with E-state index in [9.17, 15) is 4.79 Å². The summed E-state index contributed by atoms with van der Waals surface area (Å²) in [5.74, 6) is -0.403. The predicted molar refractivity (Wildman–Crippen MR) is 133 cm³/mol. The second kappa shape index (κ2) is 10.0. The topological polar surface area (TPSA) is 105 Å². The highest BCUT2D eigenvalue weighted by Crippen LogP contribution is 2.41. The molecule has 0 radical (unpaired) electrons. The van der Waals surface area contributed by atoms with Crippen molar-refractivity contribution in [3.05, 3.63) is 83.3 Å². The molecule has 35 heavy (non-hydrogen) atoms. The minimum absolute atomic E-state index is 0.0350. The normalized spacial score (nSPS) is 21.9. The van der Waals surface area contributed by atoms with Crippen LogP contribution < -0.4 is 5.73 Å². The molecule has 0 saturated carbocycles. The van der Waals surface area contributed by atoms with Crippen LogP contribution in [0, 0.1) is 5.92 Å². The number of fused-ring (bicyclic) bond motifs is 1. The maximum atomic E-state index is 13.1. The van der Waals surface area contributed by atoms with Crippen molar-refractivity contribution in [1.82, 2.24) is 19.5 Å². The average molecular weight is 492 g/mol. The van der Waals surface area contributed by atoms with E-state index in [4.69, 9.17) is 26.8 Å². The first-order valence-electron chi connectivity index (χ1n) is 11.7. The van der Waals surface area contributed by atoms with Crippen LogP contribution >= 0.6 is 11.6 Å². The standard InChI is InChI=1S/C26H26ClN5O3/c1-2-19-18(14-13-16-9-5-3-6-10-16)21(35-25(33)17-11-7-4-8-12-17)24(34-19)32-15-29-20-22(27)30-26(28)31-23(20)32/h3-12,15,18-19,21,24H,2,13-14H2,1H3,(H2,28,30,31)/t18?,19-,21+,24-/m1/s1. The third-order valence-electron chi connectivity index (χ3n) is 6.43. The number of imidazole rings is 1. The van der Waals surface area contributed by atoms with E-state index in [0.717, 1.165) is 19.3 Å². The van der Waals surface area contributed by atoms with Crippen molar-refractivity contribution in [1.29, 1.82) is 0 Å².